The van der Waals surface area contributed by atoms with E-state index in [1.54, 1.807) is 6.92 Å². The molecule has 1 heterocycles. The number of carbonyl (C=O) groups is 2. The second-order valence-corrected chi connectivity index (χ2v) is 4.52. The number of carbonyl (C=O) groups excluding carboxylic acids is 1. The molecule has 0 aliphatic heterocycles. The standard InChI is InChI=1S/C11H18N4O3/c1-6(2)5-8-9(11(17)18)13-14-15(8)7(3)10(16)12-4/h6-7H,5H2,1-4H3,(H,12,16)(H,17,18). The van der Waals surface area contributed by atoms with E-state index in [2.05, 4.69) is 15.6 Å². The summed E-state index contributed by atoms with van der Waals surface area (Å²) in [6.07, 6.45) is 0.510. The van der Waals surface area contributed by atoms with Gasteiger partial charge in [-0.15, -0.1) is 5.10 Å². The normalized spacial score (nSPS) is 12.5. The first-order valence-corrected chi connectivity index (χ1v) is 5.77. The fraction of sp³-hybridized carbons (Fsp3) is 0.636. The highest BCUT2D eigenvalue weighted by Crippen LogP contribution is 2.16. The van der Waals surface area contributed by atoms with Crippen LogP contribution < -0.4 is 5.32 Å². The zero-order valence-corrected chi connectivity index (χ0v) is 11.0. The number of nitrogens with one attached hydrogen (secondary N) is 1. The van der Waals surface area contributed by atoms with Crippen LogP contribution in [-0.4, -0.2) is 39.0 Å². The first-order chi connectivity index (χ1) is 8.38. The van der Waals surface area contributed by atoms with Crippen molar-refractivity contribution in [3.05, 3.63) is 11.4 Å². The SMILES string of the molecule is CNC(=O)C(C)n1nnc(C(=O)O)c1CC(C)C. The molecule has 0 saturated heterocycles. The molecule has 1 atom stereocenters. The van der Waals surface area contributed by atoms with Crippen molar-refractivity contribution in [2.75, 3.05) is 7.05 Å². The molecule has 1 aromatic heterocycles. The summed E-state index contributed by atoms with van der Waals surface area (Å²) in [6.45, 7) is 5.59. The Labute approximate surface area is 105 Å². The number of carboxylic acids is 1. The first kappa shape index (κ1) is 14.1. The third kappa shape index (κ3) is 2.85. The summed E-state index contributed by atoms with van der Waals surface area (Å²) in [5.74, 6) is -1.11. The lowest BCUT2D eigenvalue weighted by Gasteiger charge is -2.14. The highest BCUT2D eigenvalue weighted by molar-refractivity contribution is 5.87. The van der Waals surface area contributed by atoms with Crippen molar-refractivity contribution in [3.8, 4) is 0 Å². The summed E-state index contributed by atoms with van der Waals surface area (Å²) in [5.41, 5.74) is 0.396. The number of hydrogen-bond donors (Lipinski definition) is 2. The van der Waals surface area contributed by atoms with Crippen LogP contribution in [0.2, 0.25) is 0 Å². The Hall–Kier alpha value is -1.92. The highest BCUT2D eigenvalue weighted by Gasteiger charge is 2.25. The molecular formula is C11H18N4O3. The maximum absolute atomic E-state index is 11.6. The molecule has 0 fully saturated rings. The molecule has 0 spiro atoms. The lowest BCUT2D eigenvalue weighted by molar-refractivity contribution is -0.123. The molecule has 0 aliphatic carbocycles. The minimum absolute atomic E-state index is 0.0838. The molecule has 1 aromatic rings. The predicted molar refractivity (Wildman–Crippen MR) is 64.3 cm³/mol. The lowest BCUT2D eigenvalue weighted by atomic mass is 10.1. The van der Waals surface area contributed by atoms with Crippen molar-refractivity contribution in [1.29, 1.82) is 0 Å². The van der Waals surface area contributed by atoms with Crippen molar-refractivity contribution in [3.63, 3.8) is 0 Å². The number of carboxylic acid groups (broad SMARTS) is 1. The number of aromatic nitrogens is 3. The van der Waals surface area contributed by atoms with Crippen molar-refractivity contribution in [2.24, 2.45) is 5.92 Å². The molecule has 1 unspecified atom stereocenters. The van der Waals surface area contributed by atoms with Gasteiger partial charge < -0.3 is 10.4 Å². The number of likely N-dealkylation sites (N-methyl/N-ethyl adjacent to an activating group) is 1. The quantitative estimate of drug-likeness (QED) is 0.796. The minimum Gasteiger partial charge on any atom is -0.476 e. The van der Waals surface area contributed by atoms with Gasteiger partial charge in [-0.05, 0) is 19.3 Å². The summed E-state index contributed by atoms with van der Waals surface area (Å²) in [4.78, 5) is 22.6. The van der Waals surface area contributed by atoms with Gasteiger partial charge in [-0.1, -0.05) is 19.1 Å². The van der Waals surface area contributed by atoms with E-state index in [1.165, 1.54) is 11.7 Å². The molecule has 0 radical (unpaired) electrons. The molecule has 7 nitrogen and oxygen atoms in total. The Morgan fingerprint density at radius 1 is 1.39 bits per heavy atom. The molecule has 100 valence electrons. The summed E-state index contributed by atoms with van der Waals surface area (Å²) in [5, 5.41) is 19.0. The van der Waals surface area contributed by atoms with E-state index in [9.17, 15) is 9.59 Å². The molecule has 0 bridgehead atoms. The van der Waals surface area contributed by atoms with Crippen molar-refractivity contribution in [1.82, 2.24) is 20.3 Å². The smallest absolute Gasteiger partial charge is 0.358 e. The van der Waals surface area contributed by atoms with Crippen LogP contribution >= 0.6 is 0 Å². The zero-order valence-electron chi connectivity index (χ0n) is 11.0. The third-order valence-corrected chi connectivity index (χ3v) is 2.59. The van der Waals surface area contributed by atoms with Crippen LogP contribution in [0.15, 0.2) is 0 Å². The Morgan fingerprint density at radius 2 is 2.00 bits per heavy atom. The average molecular weight is 254 g/mol. The van der Waals surface area contributed by atoms with Gasteiger partial charge in [0, 0.05) is 7.05 Å². The van der Waals surface area contributed by atoms with E-state index in [1.807, 2.05) is 13.8 Å². The Bertz CT molecular complexity index is 453. The lowest BCUT2D eigenvalue weighted by Crippen LogP contribution is -2.29. The monoisotopic (exact) mass is 254 g/mol. The summed E-state index contributed by atoms with van der Waals surface area (Å²) < 4.78 is 1.38. The molecule has 0 saturated carbocycles. The van der Waals surface area contributed by atoms with E-state index in [0.29, 0.717) is 12.1 Å². The zero-order chi connectivity index (χ0) is 13.9. The molecule has 7 heteroatoms. The van der Waals surface area contributed by atoms with E-state index < -0.39 is 12.0 Å². The van der Waals surface area contributed by atoms with Crippen LogP contribution in [0.25, 0.3) is 0 Å². The van der Waals surface area contributed by atoms with Gasteiger partial charge in [0.2, 0.25) is 5.91 Å². The fourth-order valence-electron chi connectivity index (χ4n) is 1.69. The number of amides is 1. The van der Waals surface area contributed by atoms with Gasteiger partial charge in [0.15, 0.2) is 5.69 Å². The van der Waals surface area contributed by atoms with Crippen LogP contribution in [0.3, 0.4) is 0 Å². The van der Waals surface area contributed by atoms with Gasteiger partial charge in [0.25, 0.3) is 0 Å². The second kappa shape index (κ2) is 5.61. The number of rotatable bonds is 5. The van der Waals surface area contributed by atoms with E-state index >= 15 is 0 Å². The average Bonchev–Trinajstić information content (AvgIpc) is 2.69. The highest BCUT2D eigenvalue weighted by atomic mass is 16.4. The molecule has 18 heavy (non-hydrogen) atoms. The van der Waals surface area contributed by atoms with Gasteiger partial charge in [0.05, 0.1) is 5.69 Å². The van der Waals surface area contributed by atoms with Crippen LogP contribution in [0.4, 0.5) is 0 Å². The van der Waals surface area contributed by atoms with Crippen LogP contribution in [-0.2, 0) is 11.2 Å². The Balaban J connectivity index is 3.19. The molecular weight excluding hydrogens is 236 g/mol. The van der Waals surface area contributed by atoms with Gasteiger partial charge in [0.1, 0.15) is 6.04 Å². The van der Waals surface area contributed by atoms with Gasteiger partial charge >= 0.3 is 5.97 Å². The molecule has 1 amide bonds. The first-order valence-electron chi connectivity index (χ1n) is 5.77. The molecule has 2 N–H and O–H groups in total. The van der Waals surface area contributed by atoms with Gasteiger partial charge in [-0.25, -0.2) is 9.48 Å². The van der Waals surface area contributed by atoms with E-state index in [-0.39, 0.29) is 17.5 Å². The second-order valence-electron chi connectivity index (χ2n) is 4.52. The van der Waals surface area contributed by atoms with Crippen molar-refractivity contribution < 1.29 is 14.7 Å². The van der Waals surface area contributed by atoms with Crippen LogP contribution in [0, 0.1) is 5.92 Å². The molecule has 0 aromatic carbocycles. The number of aromatic carboxylic acids is 1. The fourth-order valence-corrected chi connectivity index (χ4v) is 1.69. The van der Waals surface area contributed by atoms with Crippen LogP contribution in [0.5, 0.6) is 0 Å². The number of hydrogen-bond acceptors (Lipinski definition) is 4. The molecule has 1 rings (SSSR count). The summed E-state index contributed by atoms with van der Waals surface area (Å²) in [7, 11) is 1.52. The van der Waals surface area contributed by atoms with E-state index in [4.69, 9.17) is 5.11 Å². The summed E-state index contributed by atoms with van der Waals surface area (Å²) in [6, 6.07) is -0.579. The predicted octanol–water partition coefficient (Wildman–Crippen LogP) is 0.482. The van der Waals surface area contributed by atoms with Gasteiger partial charge in [-0.2, -0.15) is 0 Å². The largest absolute Gasteiger partial charge is 0.476 e. The Kier molecular flexibility index (Phi) is 4.41. The van der Waals surface area contributed by atoms with Crippen LogP contribution in [0.1, 0.15) is 43.0 Å². The number of nitrogens with zero attached hydrogens (tertiary/aromatic N) is 3. The third-order valence-electron chi connectivity index (χ3n) is 2.59. The topological polar surface area (TPSA) is 97.1 Å². The van der Waals surface area contributed by atoms with Crippen molar-refractivity contribution >= 4 is 11.9 Å². The maximum atomic E-state index is 11.6. The minimum atomic E-state index is -1.12. The molecule has 0 aliphatic rings. The Morgan fingerprint density at radius 3 is 2.44 bits per heavy atom. The summed E-state index contributed by atoms with van der Waals surface area (Å²) >= 11 is 0. The maximum Gasteiger partial charge on any atom is 0.358 e. The van der Waals surface area contributed by atoms with E-state index in [0.717, 1.165) is 0 Å². The van der Waals surface area contributed by atoms with Crippen molar-refractivity contribution in [2.45, 2.75) is 33.2 Å². The van der Waals surface area contributed by atoms with Gasteiger partial charge in [-0.3, -0.25) is 4.79 Å².